The van der Waals surface area contributed by atoms with Crippen molar-refractivity contribution in [1.82, 2.24) is 15.4 Å². The molecule has 0 atom stereocenters. The summed E-state index contributed by atoms with van der Waals surface area (Å²) in [5.41, 5.74) is 0.981. The third kappa shape index (κ3) is 5.79. The first-order chi connectivity index (χ1) is 10.7. The summed E-state index contributed by atoms with van der Waals surface area (Å²) in [7, 11) is 2.01. The highest BCUT2D eigenvalue weighted by Gasteiger charge is 2.15. The molecule has 0 bridgehead atoms. The van der Waals surface area contributed by atoms with Crippen LogP contribution in [0.3, 0.4) is 0 Å². The molecule has 1 aliphatic carbocycles. The predicted molar refractivity (Wildman–Crippen MR) is 86.5 cm³/mol. The van der Waals surface area contributed by atoms with Gasteiger partial charge in [-0.1, -0.05) is 37.8 Å². The van der Waals surface area contributed by atoms with E-state index in [4.69, 9.17) is 4.52 Å². The zero-order valence-electron chi connectivity index (χ0n) is 13.9. The summed E-state index contributed by atoms with van der Waals surface area (Å²) >= 11 is 0. The molecule has 0 radical (unpaired) electrons. The van der Waals surface area contributed by atoms with Crippen molar-refractivity contribution in [1.29, 1.82) is 0 Å². The lowest BCUT2D eigenvalue weighted by Crippen LogP contribution is -2.36. The third-order valence-corrected chi connectivity index (χ3v) is 4.34. The highest BCUT2D eigenvalue weighted by Crippen LogP contribution is 2.17. The molecule has 0 spiro atoms. The highest BCUT2D eigenvalue weighted by molar-refractivity contribution is 5.76. The van der Waals surface area contributed by atoms with Gasteiger partial charge in [0.1, 0.15) is 0 Å². The Kier molecular flexibility index (Phi) is 6.90. The van der Waals surface area contributed by atoms with Crippen molar-refractivity contribution in [2.45, 2.75) is 70.9 Å². The van der Waals surface area contributed by atoms with E-state index in [1.165, 1.54) is 25.7 Å². The van der Waals surface area contributed by atoms with E-state index in [1.54, 1.807) is 0 Å². The monoisotopic (exact) mass is 307 g/mol. The molecule has 1 N–H and O–H groups in total. The van der Waals surface area contributed by atoms with Gasteiger partial charge < -0.3 is 9.84 Å². The Hall–Kier alpha value is -1.36. The van der Waals surface area contributed by atoms with Crippen LogP contribution in [0.2, 0.25) is 0 Å². The topological polar surface area (TPSA) is 58.4 Å². The molecule has 22 heavy (non-hydrogen) atoms. The quantitative estimate of drug-likeness (QED) is 0.787. The number of carbonyl (C=O) groups is 1. The number of nitrogens with zero attached hydrogens (tertiary/aromatic N) is 2. The van der Waals surface area contributed by atoms with E-state index in [0.717, 1.165) is 37.3 Å². The van der Waals surface area contributed by atoms with Crippen LogP contribution in [-0.2, 0) is 17.8 Å². The number of aryl methyl sites for hydroxylation is 1. The van der Waals surface area contributed by atoms with Crippen molar-refractivity contribution in [3.05, 3.63) is 17.5 Å². The van der Waals surface area contributed by atoms with E-state index in [-0.39, 0.29) is 5.91 Å². The molecule has 1 aromatic heterocycles. The van der Waals surface area contributed by atoms with Crippen molar-refractivity contribution < 1.29 is 9.32 Å². The summed E-state index contributed by atoms with van der Waals surface area (Å²) in [6.07, 6.45) is 8.82. The van der Waals surface area contributed by atoms with E-state index in [2.05, 4.69) is 22.3 Å². The second-order valence-electron chi connectivity index (χ2n) is 6.38. The van der Waals surface area contributed by atoms with E-state index in [1.807, 2.05) is 13.1 Å². The van der Waals surface area contributed by atoms with E-state index in [0.29, 0.717) is 19.0 Å². The molecule has 5 heteroatoms. The summed E-state index contributed by atoms with van der Waals surface area (Å²) in [5.74, 6) is 1.04. The average Bonchev–Trinajstić information content (AvgIpc) is 2.80. The molecule has 1 heterocycles. The van der Waals surface area contributed by atoms with Gasteiger partial charge in [0.15, 0.2) is 5.76 Å². The SMILES string of the molecule is CCc1cc(CN(C)CCC(=O)NC2CCCCCC2)on1. The highest BCUT2D eigenvalue weighted by atomic mass is 16.5. The molecule has 1 amide bonds. The van der Waals surface area contributed by atoms with Crippen LogP contribution in [0.15, 0.2) is 10.6 Å². The van der Waals surface area contributed by atoms with Gasteiger partial charge in [0, 0.05) is 25.1 Å². The van der Waals surface area contributed by atoms with Crippen LogP contribution in [0.5, 0.6) is 0 Å². The molecule has 0 saturated heterocycles. The minimum atomic E-state index is 0.172. The van der Waals surface area contributed by atoms with Crippen LogP contribution in [0.25, 0.3) is 0 Å². The summed E-state index contributed by atoms with van der Waals surface area (Å²) in [6.45, 7) is 3.49. The summed E-state index contributed by atoms with van der Waals surface area (Å²) in [4.78, 5) is 14.2. The maximum absolute atomic E-state index is 12.1. The van der Waals surface area contributed by atoms with Gasteiger partial charge in [-0.2, -0.15) is 0 Å². The number of aromatic nitrogens is 1. The lowest BCUT2D eigenvalue weighted by Gasteiger charge is -2.18. The Bertz CT molecular complexity index is 451. The minimum absolute atomic E-state index is 0.172. The number of amides is 1. The summed E-state index contributed by atoms with van der Waals surface area (Å²) in [6, 6.07) is 2.38. The minimum Gasteiger partial charge on any atom is -0.360 e. The van der Waals surface area contributed by atoms with Gasteiger partial charge in [-0.25, -0.2) is 0 Å². The standard InChI is InChI=1S/C17H29N3O2/c1-3-14-12-16(22-19-14)13-20(2)11-10-17(21)18-15-8-6-4-5-7-9-15/h12,15H,3-11,13H2,1-2H3,(H,18,21). The van der Waals surface area contributed by atoms with Gasteiger partial charge in [-0.15, -0.1) is 0 Å². The zero-order chi connectivity index (χ0) is 15.8. The van der Waals surface area contributed by atoms with Gasteiger partial charge in [0.05, 0.1) is 12.2 Å². The third-order valence-electron chi connectivity index (χ3n) is 4.34. The number of carbonyl (C=O) groups excluding carboxylic acids is 1. The maximum Gasteiger partial charge on any atom is 0.221 e. The number of hydrogen-bond acceptors (Lipinski definition) is 4. The van der Waals surface area contributed by atoms with Crippen LogP contribution in [0.1, 0.15) is 63.3 Å². The van der Waals surface area contributed by atoms with E-state index >= 15 is 0 Å². The van der Waals surface area contributed by atoms with Crippen molar-refractivity contribution in [2.24, 2.45) is 0 Å². The van der Waals surface area contributed by atoms with Crippen LogP contribution in [-0.4, -0.2) is 35.6 Å². The first-order valence-corrected chi connectivity index (χ1v) is 8.59. The van der Waals surface area contributed by atoms with Gasteiger partial charge in [0.2, 0.25) is 5.91 Å². The smallest absolute Gasteiger partial charge is 0.221 e. The van der Waals surface area contributed by atoms with Crippen LogP contribution < -0.4 is 5.32 Å². The molecule has 1 aromatic rings. The van der Waals surface area contributed by atoms with Crippen molar-refractivity contribution in [3.8, 4) is 0 Å². The Morgan fingerprint density at radius 2 is 2.09 bits per heavy atom. The summed E-state index contributed by atoms with van der Waals surface area (Å²) < 4.78 is 5.28. The maximum atomic E-state index is 12.1. The van der Waals surface area contributed by atoms with E-state index in [9.17, 15) is 4.79 Å². The first kappa shape index (κ1) is 17.0. The molecule has 0 aliphatic heterocycles. The van der Waals surface area contributed by atoms with Gasteiger partial charge in [-0.05, 0) is 26.3 Å². The fourth-order valence-electron chi connectivity index (χ4n) is 2.96. The van der Waals surface area contributed by atoms with Crippen molar-refractivity contribution in [2.75, 3.05) is 13.6 Å². The predicted octanol–water partition coefficient (Wildman–Crippen LogP) is 2.90. The van der Waals surface area contributed by atoms with Gasteiger partial charge >= 0.3 is 0 Å². The molecule has 0 unspecified atom stereocenters. The second-order valence-corrected chi connectivity index (χ2v) is 6.38. The molecular formula is C17H29N3O2. The molecule has 1 saturated carbocycles. The Morgan fingerprint density at radius 3 is 2.73 bits per heavy atom. The Labute approximate surface area is 133 Å². The Balaban J connectivity index is 1.66. The fraction of sp³-hybridized carbons (Fsp3) is 0.765. The molecule has 1 aliphatic rings. The van der Waals surface area contributed by atoms with E-state index < -0.39 is 0 Å². The molecule has 2 rings (SSSR count). The number of nitrogens with one attached hydrogen (secondary N) is 1. The molecule has 5 nitrogen and oxygen atoms in total. The van der Waals surface area contributed by atoms with Crippen LogP contribution in [0.4, 0.5) is 0 Å². The van der Waals surface area contributed by atoms with Crippen molar-refractivity contribution >= 4 is 5.91 Å². The summed E-state index contributed by atoms with van der Waals surface area (Å²) in [5, 5.41) is 7.18. The number of hydrogen-bond donors (Lipinski definition) is 1. The Morgan fingerprint density at radius 1 is 1.36 bits per heavy atom. The number of rotatable bonds is 7. The molecule has 124 valence electrons. The van der Waals surface area contributed by atoms with Gasteiger partial charge in [0.25, 0.3) is 0 Å². The molecular weight excluding hydrogens is 278 g/mol. The zero-order valence-corrected chi connectivity index (χ0v) is 13.9. The fourth-order valence-corrected chi connectivity index (χ4v) is 2.96. The second kappa shape index (κ2) is 8.93. The first-order valence-electron chi connectivity index (χ1n) is 8.59. The lowest BCUT2D eigenvalue weighted by atomic mass is 10.1. The van der Waals surface area contributed by atoms with Crippen LogP contribution in [0, 0.1) is 0 Å². The van der Waals surface area contributed by atoms with Gasteiger partial charge in [-0.3, -0.25) is 9.69 Å². The largest absolute Gasteiger partial charge is 0.360 e. The lowest BCUT2D eigenvalue weighted by molar-refractivity contribution is -0.122. The normalized spacial score (nSPS) is 16.7. The molecule has 1 fully saturated rings. The van der Waals surface area contributed by atoms with Crippen molar-refractivity contribution in [3.63, 3.8) is 0 Å². The van der Waals surface area contributed by atoms with Crippen LogP contribution >= 0.6 is 0 Å². The average molecular weight is 307 g/mol. The molecule has 0 aromatic carbocycles.